The average molecular weight is 293 g/mol. The molecule has 0 bridgehead atoms. The summed E-state index contributed by atoms with van der Waals surface area (Å²) in [6.45, 7) is 5.09. The lowest BCUT2D eigenvalue weighted by Gasteiger charge is -2.31. The Hall–Kier alpha value is -1.00. The summed E-state index contributed by atoms with van der Waals surface area (Å²) in [5.41, 5.74) is 1.30. The number of ether oxygens (including phenoxy) is 1. The van der Waals surface area contributed by atoms with Crippen LogP contribution in [0.25, 0.3) is 0 Å². The summed E-state index contributed by atoms with van der Waals surface area (Å²) in [6.07, 6.45) is 2.06. The fourth-order valence-corrected chi connectivity index (χ4v) is 3.46. The van der Waals surface area contributed by atoms with Crippen LogP contribution in [0.1, 0.15) is 18.4 Å². The fraction of sp³-hybridized carbons (Fsp3) is 0.562. The molecule has 0 saturated carbocycles. The van der Waals surface area contributed by atoms with Crippen molar-refractivity contribution in [2.24, 2.45) is 5.92 Å². The van der Waals surface area contributed by atoms with Gasteiger partial charge in [0.05, 0.1) is 13.0 Å². The van der Waals surface area contributed by atoms with E-state index in [1.807, 2.05) is 11.8 Å². The van der Waals surface area contributed by atoms with Crippen molar-refractivity contribution < 1.29 is 9.53 Å². The molecule has 0 amide bonds. The maximum absolute atomic E-state index is 11.6. The number of benzene rings is 1. The molecule has 1 fully saturated rings. The molecule has 1 atom stereocenters. The summed E-state index contributed by atoms with van der Waals surface area (Å²) < 4.78 is 4.85. The van der Waals surface area contributed by atoms with Gasteiger partial charge in [0, 0.05) is 23.7 Å². The number of likely N-dealkylation sites (tertiary alicyclic amines) is 1. The van der Waals surface area contributed by atoms with Crippen molar-refractivity contribution in [3.8, 4) is 0 Å². The SMILES string of the molecule is COC(=O)[C@H]1CCCN(CCSc2ccc(C)cc2)C1. The maximum Gasteiger partial charge on any atom is 0.309 e. The molecule has 2 rings (SSSR count). The quantitative estimate of drug-likeness (QED) is 0.616. The summed E-state index contributed by atoms with van der Waals surface area (Å²) in [5, 5.41) is 0. The minimum Gasteiger partial charge on any atom is -0.469 e. The van der Waals surface area contributed by atoms with Crippen LogP contribution in [0.2, 0.25) is 0 Å². The van der Waals surface area contributed by atoms with Gasteiger partial charge in [-0.1, -0.05) is 17.7 Å². The summed E-state index contributed by atoms with van der Waals surface area (Å²) >= 11 is 1.88. The van der Waals surface area contributed by atoms with Gasteiger partial charge in [0.15, 0.2) is 0 Å². The summed E-state index contributed by atoms with van der Waals surface area (Å²) in [5.74, 6) is 1.08. The number of methoxy groups -OCH3 is 1. The molecule has 0 unspecified atom stereocenters. The highest BCUT2D eigenvalue weighted by atomic mass is 32.2. The van der Waals surface area contributed by atoms with Crippen molar-refractivity contribution in [3.05, 3.63) is 29.8 Å². The van der Waals surface area contributed by atoms with Crippen LogP contribution in [0.5, 0.6) is 0 Å². The molecule has 0 spiro atoms. The van der Waals surface area contributed by atoms with E-state index in [0.717, 1.165) is 38.2 Å². The Morgan fingerprint density at radius 2 is 2.15 bits per heavy atom. The van der Waals surface area contributed by atoms with E-state index in [0.29, 0.717) is 0 Å². The second-order valence-corrected chi connectivity index (χ2v) is 6.49. The third kappa shape index (κ3) is 4.53. The van der Waals surface area contributed by atoms with E-state index < -0.39 is 0 Å². The minimum absolute atomic E-state index is 0.0547. The molecule has 1 heterocycles. The molecule has 1 aromatic rings. The standard InChI is InChI=1S/C16H23NO2S/c1-13-5-7-15(8-6-13)20-11-10-17-9-3-4-14(12-17)16(18)19-2/h5-8,14H,3-4,9-12H2,1-2H3/t14-/m0/s1. The number of hydrogen-bond donors (Lipinski definition) is 0. The Bertz CT molecular complexity index is 433. The molecule has 0 radical (unpaired) electrons. The number of aryl methyl sites for hydroxylation is 1. The van der Waals surface area contributed by atoms with Gasteiger partial charge in [-0.3, -0.25) is 4.79 Å². The van der Waals surface area contributed by atoms with Gasteiger partial charge >= 0.3 is 5.97 Å². The first-order chi connectivity index (χ1) is 9.69. The van der Waals surface area contributed by atoms with Gasteiger partial charge in [-0.2, -0.15) is 0 Å². The number of hydrogen-bond acceptors (Lipinski definition) is 4. The van der Waals surface area contributed by atoms with E-state index in [2.05, 4.69) is 36.1 Å². The van der Waals surface area contributed by atoms with Crippen molar-refractivity contribution in [2.45, 2.75) is 24.7 Å². The molecule has 1 aliphatic heterocycles. The van der Waals surface area contributed by atoms with E-state index in [1.165, 1.54) is 17.6 Å². The maximum atomic E-state index is 11.6. The van der Waals surface area contributed by atoms with E-state index in [-0.39, 0.29) is 11.9 Å². The molecule has 20 heavy (non-hydrogen) atoms. The van der Waals surface area contributed by atoms with E-state index in [4.69, 9.17) is 4.74 Å². The van der Waals surface area contributed by atoms with Gasteiger partial charge in [0.2, 0.25) is 0 Å². The molecular formula is C16H23NO2S. The molecule has 0 aliphatic carbocycles. The van der Waals surface area contributed by atoms with Crippen molar-refractivity contribution in [2.75, 3.05) is 32.5 Å². The van der Waals surface area contributed by atoms with E-state index >= 15 is 0 Å². The van der Waals surface area contributed by atoms with Crippen LogP contribution in [0.15, 0.2) is 29.2 Å². The highest BCUT2D eigenvalue weighted by Gasteiger charge is 2.25. The first-order valence-corrected chi connectivity index (χ1v) is 8.17. The molecule has 4 heteroatoms. The van der Waals surface area contributed by atoms with Crippen molar-refractivity contribution in [3.63, 3.8) is 0 Å². The Kier molecular flexibility index (Phi) is 5.92. The zero-order valence-electron chi connectivity index (χ0n) is 12.3. The smallest absolute Gasteiger partial charge is 0.309 e. The molecule has 1 aliphatic rings. The predicted molar refractivity (Wildman–Crippen MR) is 83.1 cm³/mol. The number of piperidine rings is 1. The van der Waals surface area contributed by atoms with E-state index in [1.54, 1.807) is 0 Å². The average Bonchev–Trinajstić information content (AvgIpc) is 2.49. The van der Waals surface area contributed by atoms with Gasteiger partial charge in [-0.15, -0.1) is 11.8 Å². The fourth-order valence-electron chi connectivity index (χ4n) is 2.54. The highest BCUT2D eigenvalue weighted by molar-refractivity contribution is 7.99. The molecule has 110 valence electrons. The third-order valence-electron chi connectivity index (χ3n) is 3.74. The predicted octanol–water partition coefficient (Wildman–Crippen LogP) is 2.97. The molecule has 0 N–H and O–H groups in total. The molecule has 3 nitrogen and oxygen atoms in total. The number of carbonyl (C=O) groups excluding carboxylic acids is 1. The summed E-state index contributed by atoms with van der Waals surface area (Å²) in [6, 6.07) is 8.65. The summed E-state index contributed by atoms with van der Waals surface area (Å²) in [4.78, 5) is 15.3. The Morgan fingerprint density at radius 3 is 2.85 bits per heavy atom. The van der Waals surface area contributed by atoms with Gasteiger partial charge in [-0.25, -0.2) is 0 Å². The third-order valence-corrected chi connectivity index (χ3v) is 4.73. The van der Waals surface area contributed by atoms with Crippen LogP contribution in [-0.2, 0) is 9.53 Å². The monoisotopic (exact) mass is 293 g/mol. The first-order valence-electron chi connectivity index (χ1n) is 7.18. The van der Waals surface area contributed by atoms with Gasteiger partial charge < -0.3 is 9.64 Å². The topological polar surface area (TPSA) is 29.5 Å². The van der Waals surface area contributed by atoms with Crippen molar-refractivity contribution in [1.82, 2.24) is 4.90 Å². The number of esters is 1. The lowest BCUT2D eigenvalue weighted by atomic mass is 9.98. The van der Waals surface area contributed by atoms with E-state index in [9.17, 15) is 4.79 Å². The number of thioether (sulfide) groups is 1. The normalized spacial score (nSPS) is 19.8. The Balaban J connectivity index is 1.73. The lowest BCUT2D eigenvalue weighted by Crippen LogP contribution is -2.40. The van der Waals surface area contributed by atoms with Crippen molar-refractivity contribution in [1.29, 1.82) is 0 Å². The zero-order valence-corrected chi connectivity index (χ0v) is 13.1. The first kappa shape index (κ1) is 15.4. The zero-order chi connectivity index (χ0) is 14.4. The minimum atomic E-state index is -0.0547. The lowest BCUT2D eigenvalue weighted by molar-refractivity contribution is -0.147. The van der Waals surface area contributed by atoms with Crippen LogP contribution in [-0.4, -0.2) is 43.4 Å². The molecular weight excluding hydrogens is 270 g/mol. The van der Waals surface area contributed by atoms with Gasteiger partial charge in [-0.05, 0) is 38.4 Å². The number of rotatable bonds is 5. The van der Waals surface area contributed by atoms with Crippen LogP contribution in [0.3, 0.4) is 0 Å². The second kappa shape index (κ2) is 7.70. The Morgan fingerprint density at radius 1 is 1.40 bits per heavy atom. The Labute approximate surface area is 125 Å². The van der Waals surface area contributed by atoms with Crippen LogP contribution >= 0.6 is 11.8 Å². The molecule has 1 saturated heterocycles. The second-order valence-electron chi connectivity index (χ2n) is 5.32. The molecule has 0 aromatic heterocycles. The summed E-state index contributed by atoms with van der Waals surface area (Å²) in [7, 11) is 1.48. The van der Waals surface area contributed by atoms with Crippen molar-refractivity contribution >= 4 is 17.7 Å². The highest BCUT2D eigenvalue weighted by Crippen LogP contribution is 2.21. The number of nitrogens with zero attached hydrogens (tertiary/aromatic N) is 1. The largest absolute Gasteiger partial charge is 0.469 e. The number of carbonyl (C=O) groups is 1. The van der Waals surface area contributed by atoms with Gasteiger partial charge in [0.1, 0.15) is 0 Å². The molecule has 1 aromatic carbocycles. The van der Waals surface area contributed by atoms with Crippen LogP contribution in [0.4, 0.5) is 0 Å². The van der Waals surface area contributed by atoms with Crippen LogP contribution < -0.4 is 0 Å². The van der Waals surface area contributed by atoms with Crippen LogP contribution in [0, 0.1) is 12.8 Å². The van der Waals surface area contributed by atoms with Gasteiger partial charge in [0.25, 0.3) is 0 Å².